The van der Waals surface area contributed by atoms with Gasteiger partial charge < -0.3 is 0 Å². The molecule has 0 radical (unpaired) electrons. The number of allylic oxidation sites excluding steroid dienone is 4. The van der Waals surface area contributed by atoms with Gasteiger partial charge in [-0.2, -0.15) is 5.01 Å². The Bertz CT molecular complexity index is 550. The average molecular weight is 286 g/mol. The number of hydrazine groups is 1. The molecule has 3 amide bonds. The van der Waals surface area contributed by atoms with Crippen LogP contribution in [0.4, 0.5) is 0 Å². The second-order valence-electron chi connectivity index (χ2n) is 6.47. The summed E-state index contributed by atoms with van der Waals surface area (Å²) >= 11 is 0. The van der Waals surface area contributed by atoms with Gasteiger partial charge in [0, 0.05) is 5.92 Å². The van der Waals surface area contributed by atoms with E-state index in [0.717, 1.165) is 24.3 Å². The lowest BCUT2D eigenvalue weighted by Crippen LogP contribution is -2.49. The number of imide groups is 1. The zero-order valence-corrected chi connectivity index (χ0v) is 11.7. The molecule has 1 heterocycles. The molecule has 0 spiro atoms. The summed E-state index contributed by atoms with van der Waals surface area (Å²) in [5.41, 5.74) is 2.58. The molecule has 0 aromatic rings. The van der Waals surface area contributed by atoms with Gasteiger partial charge in [-0.15, -0.1) is 0 Å². The van der Waals surface area contributed by atoms with E-state index in [4.69, 9.17) is 0 Å². The molecule has 0 aromatic carbocycles. The van der Waals surface area contributed by atoms with E-state index in [1.807, 2.05) is 18.2 Å². The van der Waals surface area contributed by atoms with Crippen molar-refractivity contribution in [2.45, 2.75) is 25.7 Å². The number of carbonyl (C=O) groups is 3. The highest BCUT2D eigenvalue weighted by Gasteiger charge is 2.59. The van der Waals surface area contributed by atoms with Gasteiger partial charge in [-0.05, 0) is 37.5 Å². The van der Waals surface area contributed by atoms with Gasteiger partial charge in [0.15, 0.2) is 0 Å². The Hall–Kier alpha value is -1.91. The number of hydrogen-bond acceptors (Lipinski definition) is 3. The van der Waals surface area contributed by atoms with Gasteiger partial charge >= 0.3 is 0 Å². The predicted molar refractivity (Wildman–Crippen MR) is 74.2 cm³/mol. The van der Waals surface area contributed by atoms with E-state index in [-0.39, 0.29) is 47.3 Å². The lowest BCUT2D eigenvalue weighted by atomic mass is 9.85. The number of rotatable bonds is 2. The minimum absolute atomic E-state index is 0.133. The maximum atomic E-state index is 12.4. The van der Waals surface area contributed by atoms with Crippen LogP contribution in [0.25, 0.3) is 0 Å². The van der Waals surface area contributed by atoms with Crippen molar-refractivity contribution in [3.8, 4) is 0 Å². The Morgan fingerprint density at radius 1 is 1.10 bits per heavy atom. The Labute approximate surface area is 123 Å². The van der Waals surface area contributed by atoms with Crippen LogP contribution in [0, 0.1) is 29.6 Å². The van der Waals surface area contributed by atoms with E-state index in [1.165, 1.54) is 0 Å². The third kappa shape index (κ3) is 1.79. The molecule has 3 aliphatic carbocycles. The van der Waals surface area contributed by atoms with Crippen LogP contribution in [0.15, 0.2) is 24.3 Å². The summed E-state index contributed by atoms with van der Waals surface area (Å²) in [6.45, 7) is 0. The molecule has 5 atom stereocenters. The zero-order valence-electron chi connectivity index (χ0n) is 11.7. The van der Waals surface area contributed by atoms with E-state index < -0.39 is 0 Å². The van der Waals surface area contributed by atoms with Gasteiger partial charge in [-0.1, -0.05) is 24.3 Å². The molecule has 5 nitrogen and oxygen atoms in total. The van der Waals surface area contributed by atoms with Crippen LogP contribution in [0.5, 0.6) is 0 Å². The maximum absolute atomic E-state index is 12.4. The van der Waals surface area contributed by atoms with E-state index in [0.29, 0.717) is 6.42 Å². The van der Waals surface area contributed by atoms with Gasteiger partial charge in [0.2, 0.25) is 5.91 Å². The molecule has 2 bridgehead atoms. The molecule has 2 fully saturated rings. The van der Waals surface area contributed by atoms with Crippen LogP contribution in [-0.4, -0.2) is 22.7 Å². The van der Waals surface area contributed by atoms with Crippen molar-refractivity contribution in [1.82, 2.24) is 10.4 Å². The summed E-state index contributed by atoms with van der Waals surface area (Å²) in [6, 6.07) is 0. The molecule has 1 aliphatic heterocycles. The van der Waals surface area contributed by atoms with E-state index >= 15 is 0 Å². The summed E-state index contributed by atoms with van der Waals surface area (Å²) in [7, 11) is 0. The van der Waals surface area contributed by atoms with E-state index in [9.17, 15) is 14.4 Å². The second-order valence-corrected chi connectivity index (χ2v) is 6.47. The maximum Gasteiger partial charge on any atom is 0.252 e. The summed E-state index contributed by atoms with van der Waals surface area (Å²) in [6.07, 6.45) is 11.4. The summed E-state index contributed by atoms with van der Waals surface area (Å²) in [5, 5.41) is 1.00. The first kappa shape index (κ1) is 12.8. The van der Waals surface area contributed by atoms with Crippen molar-refractivity contribution in [3.05, 3.63) is 24.3 Å². The van der Waals surface area contributed by atoms with Gasteiger partial charge in [0.25, 0.3) is 11.8 Å². The molecule has 1 saturated carbocycles. The molecule has 4 rings (SSSR count). The summed E-state index contributed by atoms with van der Waals surface area (Å²) in [4.78, 5) is 37.1. The molecule has 110 valence electrons. The number of nitrogens with one attached hydrogen (secondary N) is 1. The molecule has 5 heteroatoms. The highest BCUT2D eigenvalue weighted by atomic mass is 16.2. The fourth-order valence-electron chi connectivity index (χ4n) is 4.25. The summed E-state index contributed by atoms with van der Waals surface area (Å²) < 4.78 is 0. The normalized spacial score (nSPS) is 40.0. The molecular formula is C16H18N2O3. The third-order valence-corrected chi connectivity index (χ3v) is 5.33. The Morgan fingerprint density at radius 3 is 2.33 bits per heavy atom. The van der Waals surface area contributed by atoms with Crippen molar-refractivity contribution in [2.24, 2.45) is 29.6 Å². The second kappa shape index (κ2) is 4.55. The Kier molecular flexibility index (Phi) is 2.77. The van der Waals surface area contributed by atoms with Crippen LogP contribution >= 0.6 is 0 Å². The number of hydrogen-bond donors (Lipinski definition) is 1. The van der Waals surface area contributed by atoms with Gasteiger partial charge in [0.05, 0.1) is 11.8 Å². The SMILES string of the molecule is O=C(NN1C(=O)[C@@H]2[C@H](C1=O)[C@H]1C=C[C@@H]2C1)[C@@H]1CC=CCC1. The summed E-state index contributed by atoms with van der Waals surface area (Å²) in [5.74, 6) is -0.930. The Morgan fingerprint density at radius 2 is 1.76 bits per heavy atom. The standard InChI is InChI=1S/C16H18N2O3/c19-14(9-4-2-1-3-5-9)17-18-15(20)12-10-6-7-11(8-10)13(12)16(18)21/h1-2,6-7,9-13H,3-5,8H2,(H,17,19)/t9-,10-,11+,12+,13-/m1/s1. The fraction of sp³-hybridized carbons (Fsp3) is 0.562. The first-order chi connectivity index (χ1) is 10.2. The fourth-order valence-corrected chi connectivity index (χ4v) is 4.25. The minimum atomic E-state index is -0.251. The topological polar surface area (TPSA) is 66.5 Å². The molecule has 4 aliphatic rings. The lowest BCUT2D eigenvalue weighted by Gasteiger charge is -2.22. The Balaban J connectivity index is 1.49. The first-order valence-electron chi connectivity index (χ1n) is 7.68. The van der Waals surface area contributed by atoms with Crippen molar-refractivity contribution >= 4 is 17.7 Å². The molecule has 0 aromatic heterocycles. The molecular weight excluding hydrogens is 268 g/mol. The average Bonchev–Trinajstić information content (AvgIpc) is 3.18. The van der Waals surface area contributed by atoms with Crippen molar-refractivity contribution < 1.29 is 14.4 Å². The lowest BCUT2D eigenvalue weighted by molar-refractivity contribution is -0.151. The third-order valence-electron chi connectivity index (χ3n) is 5.33. The number of fused-ring (bicyclic) bond motifs is 5. The van der Waals surface area contributed by atoms with Crippen LogP contribution in [0.3, 0.4) is 0 Å². The van der Waals surface area contributed by atoms with Gasteiger partial charge in [-0.25, -0.2) is 0 Å². The van der Waals surface area contributed by atoms with E-state index in [2.05, 4.69) is 11.5 Å². The number of carbonyl (C=O) groups excluding carboxylic acids is 3. The molecule has 21 heavy (non-hydrogen) atoms. The largest absolute Gasteiger partial charge is 0.273 e. The van der Waals surface area contributed by atoms with Crippen LogP contribution in [0.1, 0.15) is 25.7 Å². The molecule has 1 saturated heterocycles. The van der Waals surface area contributed by atoms with Crippen LogP contribution in [0.2, 0.25) is 0 Å². The monoisotopic (exact) mass is 286 g/mol. The highest BCUT2D eigenvalue weighted by molar-refractivity contribution is 6.07. The van der Waals surface area contributed by atoms with Crippen molar-refractivity contribution in [1.29, 1.82) is 0 Å². The van der Waals surface area contributed by atoms with Crippen LogP contribution in [-0.2, 0) is 14.4 Å². The smallest absolute Gasteiger partial charge is 0.252 e. The van der Waals surface area contributed by atoms with Crippen molar-refractivity contribution in [2.75, 3.05) is 0 Å². The van der Waals surface area contributed by atoms with Gasteiger partial charge in [-0.3, -0.25) is 19.8 Å². The minimum Gasteiger partial charge on any atom is -0.273 e. The van der Waals surface area contributed by atoms with Crippen LogP contribution < -0.4 is 5.43 Å². The predicted octanol–water partition coefficient (Wildman–Crippen LogP) is 1.18. The molecule has 1 N–H and O–H groups in total. The number of amides is 3. The van der Waals surface area contributed by atoms with E-state index in [1.54, 1.807) is 0 Å². The highest BCUT2D eigenvalue weighted by Crippen LogP contribution is 2.52. The van der Waals surface area contributed by atoms with Gasteiger partial charge in [0.1, 0.15) is 0 Å². The first-order valence-corrected chi connectivity index (χ1v) is 7.68. The number of nitrogens with zero attached hydrogens (tertiary/aromatic N) is 1. The zero-order chi connectivity index (χ0) is 14.6. The van der Waals surface area contributed by atoms with Crippen molar-refractivity contribution in [3.63, 3.8) is 0 Å². The molecule has 0 unspecified atom stereocenters. The quantitative estimate of drug-likeness (QED) is 0.612.